The van der Waals surface area contributed by atoms with Crippen molar-refractivity contribution in [3.8, 4) is 17.3 Å². The van der Waals surface area contributed by atoms with Crippen molar-refractivity contribution < 1.29 is 0 Å². The van der Waals surface area contributed by atoms with Gasteiger partial charge in [0.15, 0.2) is 0 Å². The molecule has 0 aliphatic heterocycles. The van der Waals surface area contributed by atoms with Crippen LogP contribution in [0.2, 0.25) is 0 Å². The first kappa shape index (κ1) is 10.7. The predicted molar refractivity (Wildman–Crippen MR) is 70.4 cm³/mol. The lowest BCUT2D eigenvalue weighted by atomic mass is 10.1. The van der Waals surface area contributed by atoms with Gasteiger partial charge >= 0.3 is 0 Å². The standard InChI is InChI=1S/C13H7N3OS/c14-6-8-5-12(17)15-16-13(8)10-7-18-11-4-2-1-3-9(10)11/h1-5,7H,(H,15,17). The van der Waals surface area contributed by atoms with Crippen LogP contribution in [0.5, 0.6) is 0 Å². The van der Waals surface area contributed by atoms with Crippen LogP contribution in [0.15, 0.2) is 40.5 Å². The quantitative estimate of drug-likeness (QED) is 0.724. The molecule has 18 heavy (non-hydrogen) atoms. The van der Waals surface area contributed by atoms with Crippen LogP contribution in [0.25, 0.3) is 21.3 Å². The van der Waals surface area contributed by atoms with E-state index in [2.05, 4.69) is 10.2 Å². The zero-order chi connectivity index (χ0) is 12.5. The van der Waals surface area contributed by atoms with Crippen molar-refractivity contribution in [3.63, 3.8) is 0 Å². The molecule has 0 saturated heterocycles. The number of thiophene rings is 1. The van der Waals surface area contributed by atoms with Gasteiger partial charge in [0.1, 0.15) is 11.8 Å². The average Bonchev–Trinajstić information content (AvgIpc) is 2.82. The molecule has 2 heterocycles. The molecule has 3 rings (SSSR count). The fourth-order valence-corrected chi connectivity index (χ4v) is 2.80. The molecule has 0 bridgehead atoms. The molecule has 0 atom stereocenters. The normalized spacial score (nSPS) is 10.4. The number of nitrogens with zero attached hydrogens (tertiary/aromatic N) is 2. The molecule has 0 aliphatic carbocycles. The second-order valence-corrected chi connectivity index (χ2v) is 4.66. The largest absolute Gasteiger partial charge is 0.268 e. The Morgan fingerprint density at radius 1 is 1.33 bits per heavy atom. The van der Waals surface area contributed by atoms with Crippen LogP contribution in [0.4, 0.5) is 0 Å². The van der Waals surface area contributed by atoms with Crippen LogP contribution >= 0.6 is 11.3 Å². The van der Waals surface area contributed by atoms with Crippen molar-refractivity contribution in [3.05, 3.63) is 51.6 Å². The Labute approximate surface area is 106 Å². The molecule has 0 aliphatic rings. The summed E-state index contributed by atoms with van der Waals surface area (Å²) < 4.78 is 1.13. The van der Waals surface area contributed by atoms with Crippen LogP contribution in [0, 0.1) is 11.3 Å². The van der Waals surface area contributed by atoms with E-state index >= 15 is 0 Å². The molecular weight excluding hydrogens is 246 g/mol. The number of hydrogen-bond acceptors (Lipinski definition) is 4. The van der Waals surface area contributed by atoms with E-state index in [0.717, 1.165) is 15.6 Å². The van der Waals surface area contributed by atoms with Crippen molar-refractivity contribution in [2.24, 2.45) is 0 Å². The molecule has 4 nitrogen and oxygen atoms in total. The number of H-pyrrole nitrogens is 1. The highest BCUT2D eigenvalue weighted by molar-refractivity contribution is 7.17. The molecule has 5 heteroatoms. The molecular formula is C13H7N3OS. The Morgan fingerprint density at radius 3 is 3.00 bits per heavy atom. The van der Waals surface area contributed by atoms with Gasteiger partial charge in [-0.15, -0.1) is 11.3 Å². The van der Waals surface area contributed by atoms with E-state index in [1.54, 1.807) is 11.3 Å². The highest BCUT2D eigenvalue weighted by Gasteiger charge is 2.12. The number of aromatic amines is 1. The Bertz CT molecular complexity index is 826. The Hall–Kier alpha value is -2.45. The van der Waals surface area contributed by atoms with E-state index in [1.165, 1.54) is 6.07 Å². The van der Waals surface area contributed by atoms with Gasteiger partial charge < -0.3 is 0 Å². The number of fused-ring (bicyclic) bond motifs is 1. The lowest BCUT2D eigenvalue weighted by Gasteiger charge is -2.00. The summed E-state index contributed by atoms with van der Waals surface area (Å²) in [5.41, 5.74) is 1.33. The molecule has 2 aromatic heterocycles. The predicted octanol–water partition coefficient (Wildman–Crippen LogP) is 2.52. The maximum Gasteiger partial charge on any atom is 0.265 e. The third-order valence-electron chi connectivity index (χ3n) is 2.66. The summed E-state index contributed by atoms with van der Waals surface area (Å²) in [4.78, 5) is 11.2. The van der Waals surface area contributed by atoms with Crippen molar-refractivity contribution in [1.82, 2.24) is 10.2 Å². The van der Waals surface area contributed by atoms with E-state index < -0.39 is 0 Å². The van der Waals surface area contributed by atoms with E-state index in [1.807, 2.05) is 35.7 Å². The average molecular weight is 253 g/mol. The van der Waals surface area contributed by atoms with Gasteiger partial charge in [0.05, 0.1) is 5.56 Å². The topological polar surface area (TPSA) is 69.5 Å². The fraction of sp³-hybridized carbons (Fsp3) is 0. The highest BCUT2D eigenvalue weighted by atomic mass is 32.1. The summed E-state index contributed by atoms with van der Waals surface area (Å²) in [6.07, 6.45) is 0. The first-order chi connectivity index (χ1) is 8.79. The molecule has 86 valence electrons. The second kappa shape index (κ2) is 4.09. The Kier molecular flexibility index (Phi) is 2.43. The minimum Gasteiger partial charge on any atom is -0.268 e. The molecule has 0 fully saturated rings. The monoisotopic (exact) mass is 253 g/mol. The summed E-state index contributed by atoms with van der Waals surface area (Å²) in [7, 11) is 0. The van der Waals surface area contributed by atoms with Crippen molar-refractivity contribution >= 4 is 21.4 Å². The van der Waals surface area contributed by atoms with E-state index in [0.29, 0.717) is 11.3 Å². The molecule has 0 radical (unpaired) electrons. The smallest absolute Gasteiger partial charge is 0.265 e. The lowest BCUT2D eigenvalue weighted by molar-refractivity contribution is 0.991. The molecule has 3 aromatic rings. The SMILES string of the molecule is N#Cc1cc(=O)[nH]nc1-c1csc2ccccc12. The summed E-state index contributed by atoms with van der Waals surface area (Å²) in [6, 6.07) is 11.2. The maximum atomic E-state index is 11.2. The Morgan fingerprint density at radius 2 is 2.17 bits per heavy atom. The van der Waals surface area contributed by atoms with Crippen molar-refractivity contribution in [1.29, 1.82) is 5.26 Å². The second-order valence-electron chi connectivity index (χ2n) is 3.75. The van der Waals surface area contributed by atoms with E-state index in [4.69, 9.17) is 5.26 Å². The molecule has 1 N–H and O–H groups in total. The van der Waals surface area contributed by atoms with Crippen molar-refractivity contribution in [2.45, 2.75) is 0 Å². The van der Waals surface area contributed by atoms with Gasteiger partial charge in [-0.3, -0.25) is 4.79 Å². The molecule has 1 aromatic carbocycles. The van der Waals surface area contributed by atoms with Crippen LogP contribution in [-0.2, 0) is 0 Å². The first-order valence-corrected chi connectivity index (χ1v) is 6.14. The minimum absolute atomic E-state index is 0.294. The number of benzene rings is 1. The van der Waals surface area contributed by atoms with Crippen LogP contribution in [0.3, 0.4) is 0 Å². The van der Waals surface area contributed by atoms with Crippen molar-refractivity contribution in [2.75, 3.05) is 0 Å². The number of hydrogen-bond donors (Lipinski definition) is 1. The zero-order valence-corrected chi connectivity index (χ0v) is 9.99. The van der Waals surface area contributed by atoms with Crippen LogP contribution in [0.1, 0.15) is 5.56 Å². The number of nitrogens with one attached hydrogen (secondary N) is 1. The summed E-state index contributed by atoms with van der Waals surface area (Å²) in [5, 5.41) is 18.4. The van der Waals surface area contributed by atoms with Gasteiger partial charge in [-0.25, -0.2) is 5.10 Å². The summed E-state index contributed by atoms with van der Waals surface area (Å²) in [5.74, 6) is 0. The summed E-state index contributed by atoms with van der Waals surface area (Å²) in [6.45, 7) is 0. The third kappa shape index (κ3) is 1.60. The van der Waals surface area contributed by atoms with E-state index in [-0.39, 0.29) is 5.56 Å². The van der Waals surface area contributed by atoms with E-state index in [9.17, 15) is 4.79 Å². The van der Waals surface area contributed by atoms with Gasteiger partial charge in [-0.2, -0.15) is 10.4 Å². The molecule has 0 spiro atoms. The highest BCUT2D eigenvalue weighted by Crippen LogP contribution is 2.33. The first-order valence-electron chi connectivity index (χ1n) is 5.26. The number of nitriles is 1. The molecule has 0 saturated carbocycles. The Balaban J connectivity index is 2.34. The molecule has 0 amide bonds. The maximum absolute atomic E-state index is 11.2. The number of rotatable bonds is 1. The van der Waals surface area contributed by atoms with Gasteiger partial charge in [0.25, 0.3) is 5.56 Å². The van der Waals surface area contributed by atoms with Crippen LogP contribution < -0.4 is 5.56 Å². The lowest BCUT2D eigenvalue weighted by Crippen LogP contribution is -2.08. The van der Waals surface area contributed by atoms with Crippen LogP contribution in [-0.4, -0.2) is 10.2 Å². The third-order valence-corrected chi connectivity index (χ3v) is 3.63. The van der Waals surface area contributed by atoms with Gasteiger partial charge in [-0.05, 0) is 6.07 Å². The number of aromatic nitrogens is 2. The zero-order valence-electron chi connectivity index (χ0n) is 9.18. The molecule has 0 unspecified atom stereocenters. The van der Waals surface area contributed by atoms with Gasteiger partial charge in [0, 0.05) is 27.1 Å². The fourth-order valence-electron chi connectivity index (χ4n) is 1.85. The van der Waals surface area contributed by atoms with Gasteiger partial charge in [0.2, 0.25) is 0 Å². The van der Waals surface area contributed by atoms with Gasteiger partial charge in [-0.1, -0.05) is 18.2 Å². The summed E-state index contributed by atoms with van der Waals surface area (Å²) >= 11 is 1.59. The minimum atomic E-state index is -0.366.